The molecule has 11 aromatic carbocycles. The second kappa shape index (κ2) is 50.1. The maximum atomic E-state index is 13.2. The van der Waals surface area contributed by atoms with E-state index in [1.54, 1.807) is 36.4 Å². The van der Waals surface area contributed by atoms with Crippen LogP contribution in [0.5, 0.6) is 34.5 Å². The van der Waals surface area contributed by atoms with Crippen LogP contribution in [0.2, 0.25) is 21.1 Å². The van der Waals surface area contributed by atoms with Crippen LogP contribution in [0.4, 0.5) is 104 Å². The molecule has 0 aliphatic carbocycles. The van der Waals surface area contributed by atoms with Crippen LogP contribution in [0.3, 0.4) is 0 Å². The van der Waals surface area contributed by atoms with Gasteiger partial charge in [-0.15, -0.1) is 56.7 Å². The van der Waals surface area contributed by atoms with Crippen molar-refractivity contribution in [2.24, 2.45) is 30.7 Å². The smallest absolute Gasteiger partial charge is 0.297 e. The Balaban J connectivity index is 0.000000289. The zero-order valence-electron chi connectivity index (χ0n) is 70.9. The van der Waals surface area contributed by atoms with Crippen molar-refractivity contribution in [2.75, 3.05) is 72.6 Å². The lowest BCUT2D eigenvalue weighted by Gasteiger charge is -2.21. The number of aromatic nitrogens is 9. The zero-order chi connectivity index (χ0) is 102. The molecule has 0 aliphatic heterocycles. The quantitative estimate of drug-likeness (QED) is 0.00422. The number of para-hydroxylation sites is 4. The van der Waals surface area contributed by atoms with E-state index in [2.05, 4.69) is 150 Å². The summed E-state index contributed by atoms with van der Waals surface area (Å²) in [6.07, 6.45) is 0. The second-order valence-electron chi connectivity index (χ2n) is 26.3. The molecular formula is C74H60Cl4N22O33S9. The SMILES string of the molecule is CNc1ccccc1N.COc1ccc(N=Nc2c(SOOO)cc3c(SOOO)c(Nc4nc(Cl)nc(Cl)n4)ccc3c2O)c(SOOO)c1.COc1ccc(N=Nc2c(SOOO)cc3c(SOOO)c(Nc4nc(Cl)nc(N(C)c5ccccc5Nc5nc(Cl)nc(Nc6ccc7c(O)c(N=Nc8ccc(OC)cc8S(=O)(=O)O)c(S(=O)(=O)O)cc7c6S(=O)(=O)O)n5)n4)ccc3c2O)c(SOOO)c1. The average Bonchev–Trinajstić information content (AvgIpc) is 0.740. The number of hydrogen-bond acceptors (Lipinski definition) is 58. The van der Waals surface area contributed by atoms with Crippen LogP contribution in [0, 0.1) is 0 Å². The lowest BCUT2D eigenvalue weighted by Crippen LogP contribution is -2.16. The van der Waals surface area contributed by atoms with Crippen LogP contribution in [0.1, 0.15) is 0 Å². The summed E-state index contributed by atoms with van der Waals surface area (Å²) < 4.78 is 150. The molecule has 0 bridgehead atoms. The first-order chi connectivity index (χ1) is 68.0. The number of nitrogens with one attached hydrogen (secondary N) is 5. The van der Waals surface area contributed by atoms with Gasteiger partial charge in [-0.05, 0) is 174 Å². The number of halogens is 4. The highest BCUT2D eigenvalue weighted by Gasteiger charge is 2.31. The van der Waals surface area contributed by atoms with Gasteiger partial charge in [0.2, 0.25) is 50.9 Å². The molecule has 14 rings (SSSR count). The number of aromatic hydroxyl groups is 3. The lowest BCUT2D eigenvalue weighted by atomic mass is 10.1. The van der Waals surface area contributed by atoms with E-state index < -0.39 is 95.6 Å². The van der Waals surface area contributed by atoms with Crippen molar-refractivity contribution in [2.45, 2.75) is 44.1 Å². The number of fused-ring (bicyclic) bond motifs is 3. The highest BCUT2D eigenvalue weighted by atomic mass is 35.5. The predicted molar refractivity (Wildman–Crippen MR) is 509 cm³/mol. The maximum Gasteiger partial charge on any atom is 0.297 e. The Morgan fingerprint density at radius 2 is 0.732 bits per heavy atom. The fraction of sp³-hybridized carbons (Fsp3) is 0.0676. The standard InChI is InChI=1S/C47H36Cl2N14O22S6.C20H14Cl2N6O11S3.C7H10N2/c1-63(47-56-43(49)55-46(58-47)51-29-14-10-22-24(40(29)88-85-82-68)18-33(87-84-81-67)36(38(22)64)61-59-27-12-8-20(78-2)16-32(27)86-83-80-66)31-7-5-4-6-26(31)50-44-53-42(48)54-45(57-44)52-30-15-11-23-25(41(30)91(75,76)77)19-35(90(72,73)74)37(39(23)65)62-60-28-13-9-21(79-3)17-34(28)89(69,70)71;1-33-8-2-4-11(13(6-8)40-37-34-30)27-28-15-14(41-38-35-31)7-10-9(16(15)29)3-5-12(17(10)42-39-36-32)23-20-25-18(21)24-19(22)26-20;1-9-7-5-3-2-4-6(7)8/h4-19,64-68H,1-3H3,(H,69,70,71)(H,72,73,74)(H,75,76,77)(H,51,55,56,58)(H2,50,52,53,54,57);2-7,29-32H,1H3,(H,23,24,25,26);2-5,9H,8H2,1H3. The number of benzene rings is 11. The van der Waals surface area contributed by atoms with Crippen molar-refractivity contribution in [1.29, 1.82) is 0 Å². The van der Waals surface area contributed by atoms with E-state index >= 15 is 0 Å². The summed E-state index contributed by atoms with van der Waals surface area (Å²) in [5.41, 5.74) is 6.15. The van der Waals surface area contributed by atoms with Crippen LogP contribution in [-0.4, -0.2) is 166 Å². The highest BCUT2D eigenvalue weighted by molar-refractivity contribution is 7.96. The monoisotopic (exact) mass is 2210 g/mol. The van der Waals surface area contributed by atoms with Crippen molar-refractivity contribution >= 4 is 285 Å². The van der Waals surface area contributed by atoms with Gasteiger partial charge in [0.1, 0.15) is 66.1 Å². The molecule has 0 saturated carbocycles. The van der Waals surface area contributed by atoms with E-state index in [0.29, 0.717) is 106 Å². The molecule has 19 N–H and O–H groups in total. The third-order valence-corrected chi connectivity index (χ3v) is 25.5. The lowest BCUT2D eigenvalue weighted by molar-refractivity contribution is -0.432. The third kappa shape index (κ3) is 27.6. The summed E-state index contributed by atoms with van der Waals surface area (Å²) in [6, 6.07) is 37.6. The molecule has 0 spiro atoms. The molecule has 3 heterocycles. The number of methoxy groups -OCH3 is 3. The number of anilines is 12. The van der Waals surface area contributed by atoms with Crippen LogP contribution in [-0.2, 0) is 86.6 Å². The number of nitrogens with zero attached hydrogens (tertiary/aromatic N) is 16. The Labute approximate surface area is 840 Å². The number of hydrogen-bond donors (Lipinski definition) is 18. The third-order valence-electron chi connectivity index (χ3n) is 18.1. The Kier molecular flexibility index (Phi) is 38.3. The molecular weight excluding hydrogens is 2160 g/mol. The molecule has 3 aromatic heterocycles. The molecule has 0 aliphatic rings. The molecule has 0 unspecified atom stereocenters. The second-order valence-corrected chi connectivity index (χ2v) is 36.2. The first-order valence-electron chi connectivity index (χ1n) is 37.5. The van der Waals surface area contributed by atoms with Gasteiger partial charge < -0.3 is 66.7 Å². The number of ether oxygens (including phenoxy) is 3. The van der Waals surface area contributed by atoms with Crippen molar-refractivity contribution < 1.29 is 156 Å². The van der Waals surface area contributed by atoms with Gasteiger partial charge in [0, 0.05) is 52.5 Å². The minimum atomic E-state index is -5.48. The molecule has 142 heavy (non-hydrogen) atoms. The van der Waals surface area contributed by atoms with E-state index in [0.717, 1.165) is 35.6 Å². The van der Waals surface area contributed by atoms with Crippen molar-refractivity contribution in [3.05, 3.63) is 179 Å². The fourth-order valence-corrected chi connectivity index (χ4v) is 18.0. The molecule has 0 radical (unpaired) electrons. The molecule has 0 atom stereocenters. The van der Waals surface area contributed by atoms with E-state index in [9.17, 15) is 59.5 Å². The molecule has 0 amide bonds. The normalized spacial score (nSPS) is 11.7. The molecule has 746 valence electrons. The Morgan fingerprint density at radius 3 is 1.18 bits per heavy atom. The Morgan fingerprint density at radius 1 is 0.359 bits per heavy atom. The van der Waals surface area contributed by atoms with Gasteiger partial charge in [-0.25, -0.2) is 31.5 Å². The largest absolute Gasteiger partial charge is 0.505 e. The van der Waals surface area contributed by atoms with Gasteiger partial charge >= 0.3 is 0 Å². The first-order valence-corrected chi connectivity index (χ1v) is 47.8. The van der Waals surface area contributed by atoms with E-state index in [4.69, 9.17) is 101 Å². The van der Waals surface area contributed by atoms with E-state index in [1.165, 1.54) is 100 Å². The van der Waals surface area contributed by atoms with E-state index in [-0.39, 0.29) is 132 Å². The number of azo groups is 3. The summed E-state index contributed by atoms with van der Waals surface area (Å²) in [4.78, 5) is 36.1. The average molecular weight is 2220 g/mol. The van der Waals surface area contributed by atoms with Crippen molar-refractivity contribution in [1.82, 2.24) is 44.9 Å². The summed E-state index contributed by atoms with van der Waals surface area (Å²) in [5, 5.41) is 147. The number of rotatable bonds is 41. The fourth-order valence-electron chi connectivity index (χ4n) is 12.2. The number of nitrogens with two attached hydrogens (primary N) is 1. The molecule has 68 heteroatoms. The summed E-state index contributed by atoms with van der Waals surface area (Å²) in [5.74, 6) is -2.39. The summed E-state index contributed by atoms with van der Waals surface area (Å²) >= 11 is 27.6. The number of phenols is 3. The van der Waals surface area contributed by atoms with Crippen LogP contribution in [0.25, 0.3) is 32.3 Å². The molecule has 0 saturated heterocycles. The summed E-state index contributed by atoms with van der Waals surface area (Å²) in [6.45, 7) is 0. The van der Waals surface area contributed by atoms with Gasteiger partial charge in [0.15, 0.2) is 17.2 Å². The minimum absolute atomic E-state index is 0.0263. The number of nitrogen functional groups attached to an aromatic ring is 1. The van der Waals surface area contributed by atoms with Crippen LogP contribution < -0.4 is 51.4 Å². The first kappa shape index (κ1) is 109. The van der Waals surface area contributed by atoms with Gasteiger partial charge in [-0.1, -0.05) is 54.5 Å². The predicted octanol–water partition coefficient (Wildman–Crippen LogP) is 20.8. The molecule has 14 aromatic rings. The van der Waals surface area contributed by atoms with Crippen LogP contribution in [0.15, 0.2) is 232 Å². The minimum Gasteiger partial charge on any atom is -0.505 e. The number of phenolic OH excluding ortho intramolecular Hbond substituents is 3. The van der Waals surface area contributed by atoms with Gasteiger partial charge in [0.05, 0.1) is 163 Å². The molecule has 55 nitrogen and oxygen atoms in total. The van der Waals surface area contributed by atoms with Crippen molar-refractivity contribution in [3.63, 3.8) is 0 Å². The Bertz CT molecular complexity index is 7470. The van der Waals surface area contributed by atoms with Crippen molar-refractivity contribution in [3.8, 4) is 34.5 Å². The highest BCUT2D eigenvalue weighted by Crippen LogP contribution is 2.53. The molecule has 0 fully saturated rings. The topological polar surface area (TPSA) is 763 Å². The van der Waals surface area contributed by atoms with E-state index in [1.807, 2.05) is 31.3 Å². The maximum absolute atomic E-state index is 13.2. The summed E-state index contributed by atoms with van der Waals surface area (Å²) in [7, 11) is -8.51. The van der Waals surface area contributed by atoms with Gasteiger partial charge in [0.25, 0.3) is 30.4 Å². The van der Waals surface area contributed by atoms with Crippen LogP contribution >= 0.6 is 119 Å². The van der Waals surface area contributed by atoms with Gasteiger partial charge in [-0.2, -0.15) is 70.1 Å². The Hall–Kier alpha value is -12.3. The zero-order valence-corrected chi connectivity index (χ0v) is 81.2. The van der Waals surface area contributed by atoms with Gasteiger partial charge in [-0.3, -0.25) is 13.7 Å².